The van der Waals surface area contributed by atoms with Gasteiger partial charge in [0.1, 0.15) is 5.82 Å². The largest absolute Gasteiger partial charge is 0.357 e. The van der Waals surface area contributed by atoms with Gasteiger partial charge in [0, 0.05) is 18.5 Å². The molecule has 0 saturated carbocycles. The second kappa shape index (κ2) is 5.46. The van der Waals surface area contributed by atoms with Gasteiger partial charge in [-0.25, -0.2) is 0 Å². The first-order valence-electron chi connectivity index (χ1n) is 6.48. The summed E-state index contributed by atoms with van der Waals surface area (Å²) in [6, 6.07) is 4.21. The molecule has 0 spiro atoms. The highest BCUT2D eigenvalue weighted by Gasteiger charge is 2.15. The van der Waals surface area contributed by atoms with E-state index in [1.165, 1.54) is 4.88 Å². The predicted molar refractivity (Wildman–Crippen MR) is 82.3 cm³/mol. The maximum atomic E-state index is 4.59. The van der Waals surface area contributed by atoms with Crippen LogP contribution in [0.2, 0.25) is 0 Å². The molecule has 3 aromatic rings. The maximum absolute atomic E-state index is 4.59. The second-order valence-corrected chi connectivity index (χ2v) is 5.38. The zero-order valence-corrected chi connectivity index (χ0v) is 12.2. The highest BCUT2D eigenvalue weighted by atomic mass is 32.1. The lowest BCUT2D eigenvalue weighted by molar-refractivity contribution is 0.827. The zero-order chi connectivity index (χ0) is 13.9. The number of anilines is 2. The molecule has 0 amide bonds. The summed E-state index contributed by atoms with van der Waals surface area (Å²) in [5, 5.41) is 13.0. The lowest BCUT2D eigenvalue weighted by Gasteiger charge is -2.22. The van der Waals surface area contributed by atoms with Gasteiger partial charge in [-0.15, -0.1) is 11.3 Å². The van der Waals surface area contributed by atoms with E-state index in [2.05, 4.69) is 54.8 Å². The van der Waals surface area contributed by atoms with Crippen molar-refractivity contribution in [1.29, 1.82) is 0 Å². The van der Waals surface area contributed by atoms with Crippen molar-refractivity contribution < 1.29 is 0 Å². The third-order valence-electron chi connectivity index (χ3n) is 3.12. The van der Waals surface area contributed by atoms with Crippen molar-refractivity contribution in [3.05, 3.63) is 28.6 Å². The Morgan fingerprint density at radius 1 is 1.40 bits per heavy atom. The number of aromatic nitrogens is 4. The molecule has 0 aliphatic rings. The molecule has 0 aromatic carbocycles. The summed E-state index contributed by atoms with van der Waals surface area (Å²) >= 11 is 1.75. The Hall–Kier alpha value is -2.15. The Bertz CT molecular complexity index is 690. The van der Waals surface area contributed by atoms with Crippen LogP contribution in [0.5, 0.6) is 0 Å². The van der Waals surface area contributed by atoms with Crippen LogP contribution in [0.4, 0.5) is 11.8 Å². The molecule has 3 aromatic heterocycles. The molecule has 2 N–H and O–H groups in total. The van der Waals surface area contributed by atoms with Gasteiger partial charge in [-0.1, -0.05) is 6.07 Å². The Labute approximate surface area is 120 Å². The smallest absolute Gasteiger partial charge is 0.226 e. The fourth-order valence-electron chi connectivity index (χ4n) is 2.10. The van der Waals surface area contributed by atoms with Crippen molar-refractivity contribution in [2.24, 2.45) is 0 Å². The summed E-state index contributed by atoms with van der Waals surface area (Å²) in [6.07, 6.45) is 1.78. The molecule has 20 heavy (non-hydrogen) atoms. The minimum absolute atomic E-state index is 0.598. The van der Waals surface area contributed by atoms with Crippen LogP contribution < -0.4 is 10.2 Å². The molecule has 104 valence electrons. The van der Waals surface area contributed by atoms with Crippen molar-refractivity contribution in [2.45, 2.75) is 13.5 Å². The lowest BCUT2D eigenvalue weighted by Crippen LogP contribution is -2.23. The number of aromatic amines is 1. The maximum Gasteiger partial charge on any atom is 0.226 e. The third-order valence-corrected chi connectivity index (χ3v) is 3.98. The number of thiophene rings is 1. The summed E-state index contributed by atoms with van der Waals surface area (Å²) < 4.78 is 0. The van der Waals surface area contributed by atoms with Crippen LogP contribution in [0.3, 0.4) is 0 Å². The van der Waals surface area contributed by atoms with E-state index in [0.717, 1.165) is 29.9 Å². The van der Waals surface area contributed by atoms with Gasteiger partial charge in [0.25, 0.3) is 0 Å². The molecule has 0 aliphatic heterocycles. The molecule has 0 bridgehead atoms. The first-order valence-corrected chi connectivity index (χ1v) is 7.36. The summed E-state index contributed by atoms with van der Waals surface area (Å²) in [5.74, 6) is 1.50. The Kier molecular flexibility index (Phi) is 3.51. The van der Waals surface area contributed by atoms with Crippen LogP contribution in [0, 0.1) is 0 Å². The summed E-state index contributed by atoms with van der Waals surface area (Å²) in [6.45, 7) is 3.84. The molecule has 3 heterocycles. The number of nitrogens with zero attached hydrogens (tertiary/aromatic N) is 4. The van der Waals surface area contributed by atoms with Gasteiger partial charge in [-0.05, 0) is 18.4 Å². The number of hydrogen-bond donors (Lipinski definition) is 2. The molecule has 0 fully saturated rings. The Morgan fingerprint density at radius 3 is 3.00 bits per heavy atom. The highest BCUT2D eigenvalue weighted by Crippen LogP contribution is 2.25. The van der Waals surface area contributed by atoms with Crippen LogP contribution in [0.15, 0.2) is 23.7 Å². The fourth-order valence-corrected chi connectivity index (χ4v) is 2.82. The fraction of sp³-hybridized carbons (Fsp3) is 0.308. The van der Waals surface area contributed by atoms with E-state index in [4.69, 9.17) is 0 Å². The number of rotatable bonds is 5. The second-order valence-electron chi connectivity index (χ2n) is 4.35. The van der Waals surface area contributed by atoms with E-state index in [1.54, 1.807) is 17.5 Å². The summed E-state index contributed by atoms with van der Waals surface area (Å²) in [5.41, 5.74) is 0.754. The van der Waals surface area contributed by atoms with Crippen LogP contribution in [0.1, 0.15) is 11.8 Å². The van der Waals surface area contributed by atoms with Crippen LogP contribution in [-0.2, 0) is 6.54 Å². The summed E-state index contributed by atoms with van der Waals surface area (Å²) in [4.78, 5) is 12.5. The van der Waals surface area contributed by atoms with Gasteiger partial charge in [-0.3, -0.25) is 5.10 Å². The molecule has 0 atom stereocenters. The molecular formula is C13H16N6S. The molecule has 3 rings (SSSR count). The molecule has 0 radical (unpaired) electrons. The molecular weight excluding hydrogens is 272 g/mol. The van der Waals surface area contributed by atoms with Crippen molar-refractivity contribution in [3.8, 4) is 0 Å². The Morgan fingerprint density at radius 2 is 2.30 bits per heavy atom. The van der Waals surface area contributed by atoms with Gasteiger partial charge < -0.3 is 10.2 Å². The lowest BCUT2D eigenvalue weighted by atomic mass is 10.3. The van der Waals surface area contributed by atoms with E-state index >= 15 is 0 Å². The third kappa shape index (κ3) is 2.32. The van der Waals surface area contributed by atoms with Gasteiger partial charge >= 0.3 is 0 Å². The van der Waals surface area contributed by atoms with Gasteiger partial charge in [0.05, 0.1) is 18.1 Å². The van der Waals surface area contributed by atoms with Crippen molar-refractivity contribution in [3.63, 3.8) is 0 Å². The quantitative estimate of drug-likeness (QED) is 0.755. The SMILES string of the molecule is CCN(Cc1cccs1)c1nc(NC)nc2[nH]ncc12. The standard InChI is InChI=1S/C13H16N6S/c1-3-19(8-9-5-4-6-20-9)12-10-7-15-18-11(10)16-13(14-2)17-12/h4-7H,3,8H2,1-2H3,(H2,14,15,16,17,18). The summed E-state index contributed by atoms with van der Waals surface area (Å²) in [7, 11) is 1.82. The van der Waals surface area contributed by atoms with Crippen molar-refractivity contribution in [1.82, 2.24) is 20.2 Å². The van der Waals surface area contributed by atoms with Crippen LogP contribution in [0.25, 0.3) is 11.0 Å². The van der Waals surface area contributed by atoms with E-state index in [9.17, 15) is 0 Å². The minimum atomic E-state index is 0.598. The Balaban J connectivity index is 2.03. The normalized spacial score (nSPS) is 10.9. The topological polar surface area (TPSA) is 69.7 Å². The first-order chi connectivity index (χ1) is 9.81. The number of nitrogens with one attached hydrogen (secondary N) is 2. The minimum Gasteiger partial charge on any atom is -0.357 e. The molecule has 6 nitrogen and oxygen atoms in total. The zero-order valence-electron chi connectivity index (χ0n) is 11.4. The molecule has 0 aliphatic carbocycles. The van der Waals surface area contributed by atoms with Gasteiger partial charge in [0.2, 0.25) is 5.95 Å². The molecule has 7 heteroatoms. The van der Waals surface area contributed by atoms with Crippen molar-refractivity contribution >= 4 is 34.1 Å². The first kappa shape index (κ1) is 12.9. The van der Waals surface area contributed by atoms with E-state index in [1.807, 2.05) is 7.05 Å². The van der Waals surface area contributed by atoms with Gasteiger partial charge in [0.15, 0.2) is 5.65 Å². The molecule has 0 unspecified atom stereocenters. The predicted octanol–water partition coefficient (Wildman–Crippen LogP) is 2.48. The number of hydrogen-bond acceptors (Lipinski definition) is 6. The van der Waals surface area contributed by atoms with Crippen LogP contribution in [-0.4, -0.2) is 33.8 Å². The average Bonchev–Trinajstić information content (AvgIpc) is 3.14. The highest BCUT2D eigenvalue weighted by molar-refractivity contribution is 7.09. The van der Waals surface area contributed by atoms with Gasteiger partial charge in [-0.2, -0.15) is 15.1 Å². The number of fused-ring (bicyclic) bond motifs is 1. The number of H-pyrrole nitrogens is 1. The van der Waals surface area contributed by atoms with Crippen LogP contribution >= 0.6 is 11.3 Å². The van der Waals surface area contributed by atoms with E-state index in [0.29, 0.717) is 5.95 Å². The molecule has 0 saturated heterocycles. The monoisotopic (exact) mass is 288 g/mol. The van der Waals surface area contributed by atoms with E-state index in [-0.39, 0.29) is 0 Å². The van der Waals surface area contributed by atoms with E-state index < -0.39 is 0 Å². The van der Waals surface area contributed by atoms with Crippen molar-refractivity contribution in [2.75, 3.05) is 23.8 Å². The average molecular weight is 288 g/mol.